The van der Waals surface area contributed by atoms with E-state index in [1.807, 2.05) is 24.3 Å². The maximum Gasteiger partial charge on any atom is 0.259 e. The summed E-state index contributed by atoms with van der Waals surface area (Å²) in [5, 5.41) is 0. The van der Waals surface area contributed by atoms with Crippen molar-refractivity contribution in [2.45, 2.75) is 12.8 Å². The van der Waals surface area contributed by atoms with Crippen LogP contribution in [0, 0.1) is 9.39 Å². The second-order valence-electron chi connectivity index (χ2n) is 4.79. The fourth-order valence-corrected chi connectivity index (χ4v) is 3.20. The quantitative estimate of drug-likeness (QED) is 0.684. The highest BCUT2D eigenvalue weighted by molar-refractivity contribution is 14.1. The van der Waals surface area contributed by atoms with Crippen molar-refractivity contribution in [2.24, 2.45) is 0 Å². The number of amides is 1. The van der Waals surface area contributed by atoms with Gasteiger partial charge in [0.15, 0.2) is 0 Å². The first kappa shape index (κ1) is 13.5. The van der Waals surface area contributed by atoms with Crippen molar-refractivity contribution < 1.29 is 9.18 Å². The van der Waals surface area contributed by atoms with Crippen LogP contribution in [0.3, 0.4) is 0 Å². The molecule has 0 saturated heterocycles. The predicted molar refractivity (Wildman–Crippen MR) is 85.6 cm³/mol. The Bertz CT molecular complexity index is 671. The molecule has 0 spiro atoms. The molecule has 2 aromatic rings. The first-order valence-corrected chi connectivity index (χ1v) is 7.60. The molecule has 0 atom stereocenters. The number of hydrogen-bond donors (Lipinski definition) is 0. The van der Waals surface area contributed by atoms with Crippen LogP contribution in [-0.4, -0.2) is 12.5 Å². The zero-order valence-corrected chi connectivity index (χ0v) is 12.9. The van der Waals surface area contributed by atoms with Gasteiger partial charge in [-0.2, -0.15) is 0 Å². The van der Waals surface area contributed by atoms with Gasteiger partial charge < -0.3 is 4.90 Å². The highest BCUT2D eigenvalue weighted by Gasteiger charge is 2.27. The summed E-state index contributed by atoms with van der Waals surface area (Å²) in [4.78, 5) is 14.3. The van der Waals surface area contributed by atoms with Crippen LogP contribution in [0.1, 0.15) is 22.3 Å². The average Bonchev–Trinajstić information content (AvgIpc) is 2.47. The lowest BCUT2D eigenvalue weighted by atomic mass is 10.0. The average molecular weight is 381 g/mol. The van der Waals surface area contributed by atoms with E-state index in [0.29, 0.717) is 17.8 Å². The number of aryl methyl sites for hydroxylation is 1. The van der Waals surface area contributed by atoms with Gasteiger partial charge in [-0.15, -0.1) is 0 Å². The molecule has 3 rings (SSSR count). The molecule has 0 aromatic heterocycles. The lowest BCUT2D eigenvalue weighted by molar-refractivity contribution is 0.0983. The van der Waals surface area contributed by atoms with E-state index >= 15 is 0 Å². The number of halogens is 2. The summed E-state index contributed by atoms with van der Waals surface area (Å²) in [6.07, 6.45) is 1.69. The van der Waals surface area contributed by atoms with Crippen molar-refractivity contribution in [3.8, 4) is 0 Å². The van der Waals surface area contributed by atoms with Crippen LogP contribution in [0.2, 0.25) is 0 Å². The maximum atomic E-state index is 14.1. The number of para-hydroxylation sites is 1. The van der Waals surface area contributed by atoms with Gasteiger partial charge in [0.2, 0.25) is 0 Å². The van der Waals surface area contributed by atoms with E-state index in [2.05, 4.69) is 22.6 Å². The molecule has 0 fully saturated rings. The van der Waals surface area contributed by atoms with Crippen molar-refractivity contribution in [3.05, 3.63) is 63.0 Å². The molecule has 1 heterocycles. The Kier molecular flexibility index (Phi) is 3.74. The fraction of sp³-hybridized carbons (Fsp3) is 0.188. The third kappa shape index (κ3) is 2.32. The van der Waals surface area contributed by atoms with Crippen LogP contribution in [0.5, 0.6) is 0 Å². The number of benzene rings is 2. The number of hydrogen-bond acceptors (Lipinski definition) is 1. The molecule has 0 unspecified atom stereocenters. The van der Waals surface area contributed by atoms with Gasteiger partial charge in [0.1, 0.15) is 5.82 Å². The minimum Gasteiger partial charge on any atom is -0.305 e. The minimum absolute atomic E-state index is 0.124. The van der Waals surface area contributed by atoms with Gasteiger partial charge in [0.05, 0.1) is 11.3 Å². The third-order valence-electron chi connectivity index (χ3n) is 3.52. The van der Waals surface area contributed by atoms with Crippen LogP contribution in [0.25, 0.3) is 0 Å². The predicted octanol–water partition coefficient (Wildman–Crippen LogP) is 4.02. The molecule has 0 aliphatic carbocycles. The molecule has 2 aromatic carbocycles. The molecular weight excluding hydrogens is 368 g/mol. The summed E-state index contributed by atoms with van der Waals surface area (Å²) < 4.78 is 15.0. The summed E-state index contributed by atoms with van der Waals surface area (Å²) in [7, 11) is 0. The summed E-state index contributed by atoms with van der Waals surface area (Å²) in [5.74, 6) is -0.442. The van der Waals surface area contributed by atoms with Crippen molar-refractivity contribution in [1.82, 2.24) is 0 Å². The van der Waals surface area contributed by atoms with Crippen molar-refractivity contribution in [2.75, 3.05) is 11.4 Å². The Morgan fingerprint density at radius 3 is 2.75 bits per heavy atom. The summed E-state index contributed by atoms with van der Waals surface area (Å²) in [6.45, 7) is 0.567. The number of anilines is 1. The molecule has 0 bridgehead atoms. The van der Waals surface area contributed by atoms with Crippen LogP contribution >= 0.6 is 22.6 Å². The largest absolute Gasteiger partial charge is 0.305 e. The second-order valence-corrected chi connectivity index (χ2v) is 5.95. The monoisotopic (exact) mass is 381 g/mol. The van der Waals surface area contributed by atoms with Gasteiger partial charge in [-0.25, -0.2) is 4.39 Å². The molecule has 0 radical (unpaired) electrons. The van der Waals surface area contributed by atoms with Crippen molar-refractivity contribution >= 4 is 34.2 Å². The smallest absolute Gasteiger partial charge is 0.259 e. The van der Waals surface area contributed by atoms with E-state index in [0.717, 1.165) is 22.0 Å². The van der Waals surface area contributed by atoms with Crippen LogP contribution in [0.4, 0.5) is 10.1 Å². The van der Waals surface area contributed by atoms with Gasteiger partial charge in [0.25, 0.3) is 5.91 Å². The highest BCUT2D eigenvalue weighted by Crippen LogP contribution is 2.31. The maximum absolute atomic E-state index is 14.1. The van der Waals surface area contributed by atoms with Gasteiger partial charge >= 0.3 is 0 Å². The lowest BCUT2D eigenvalue weighted by Crippen LogP contribution is -2.36. The number of carbonyl (C=O) groups excluding carboxylic acids is 1. The number of rotatable bonds is 1. The summed E-state index contributed by atoms with van der Waals surface area (Å²) in [6, 6.07) is 12.4. The van der Waals surface area contributed by atoms with Gasteiger partial charge in [-0.1, -0.05) is 24.3 Å². The van der Waals surface area contributed by atoms with E-state index in [4.69, 9.17) is 0 Å². The van der Waals surface area contributed by atoms with Crippen LogP contribution < -0.4 is 4.90 Å². The standard InChI is InChI=1S/C16H13FINO/c17-13-8-3-5-11-6-4-10-19(15(11)13)16(20)12-7-1-2-9-14(12)18/h1-3,5,7-9H,4,6,10H2. The van der Waals surface area contributed by atoms with Crippen LogP contribution in [0.15, 0.2) is 42.5 Å². The Morgan fingerprint density at radius 2 is 1.95 bits per heavy atom. The molecule has 0 saturated carbocycles. The highest BCUT2D eigenvalue weighted by atomic mass is 127. The lowest BCUT2D eigenvalue weighted by Gasteiger charge is -2.30. The Morgan fingerprint density at radius 1 is 1.15 bits per heavy atom. The molecular formula is C16H13FINO. The van der Waals surface area contributed by atoms with Gasteiger partial charge in [-0.05, 0) is 59.2 Å². The molecule has 1 amide bonds. The first-order valence-electron chi connectivity index (χ1n) is 6.52. The first-order chi connectivity index (χ1) is 9.68. The van der Waals surface area contributed by atoms with Crippen molar-refractivity contribution in [3.63, 3.8) is 0 Å². The third-order valence-corrected chi connectivity index (χ3v) is 4.46. The molecule has 20 heavy (non-hydrogen) atoms. The number of fused-ring (bicyclic) bond motifs is 1. The summed E-state index contributed by atoms with van der Waals surface area (Å²) in [5.41, 5.74) is 1.99. The Balaban J connectivity index is 2.05. The molecule has 1 aliphatic rings. The van der Waals surface area contributed by atoms with E-state index in [1.165, 1.54) is 6.07 Å². The zero-order valence-electron chi connectivity index (χ0n) is 10.8. The van der Waals surface area contributed by atoms with Gasteiger partial charge in [-0.3, -0.25) is 4.79 Å². The Hall–Kier alpha value is -1.43. The summed E-state index contributed by atoms with van der Waals surface area (Å²) >= 11 is 2.14. The molecule has 2 nitrogen and oxygen atoms in total. The fourth-order valence-electron chi connectivity index (χ4n) is 2.59. The Labute approximate surface area is 130 Å². The minimum atomic E-state index is -0.318. The van der Waals surface area contributed by atoms with Crippen molar-refractivity contribution in [1.29, 1.82) is 0 Å². The van der Waals surface area contributed by atoms with E-state index in [9.17, 15) is 9.18 Å². The molecule has 1 aliphatic heterocycles. The topological polar surface area (TPSA) is 20.3 Å². The normalized spacial score (nSPS) is 14.0. The van der Waals surface area contributed by atoms with E-state index in [-0.39, 0.29) is 11.7 Å². The number of carbonyl (C=O) groups is 1. The zero-order chi connectivity index (χ0) is 14.1. The second kappa shape index (κ2) is 5.52. The molecule has 0 N–H and O–H groups in total. The molecule has 102 valence electrons. The van der Waals surface area contributed by atoms with E-state index in [1.54, 1.807) is 17.0 Å². The van der Waals surface area contributed by atoms with E-state index < -0.39 is 0 Å². The van der Waals surface area contributed by atoms with Crippen LogP contribution in [-0.2, 0) is 6.42 Å². The number of nitrogens with zero attached hydrogens (tertiary/aromatic N) is 1. The van der Waals surface area contributed by atoms with Gasteiger partial charge in [0, 0.05) is 10.1 Å². The molecule has 4 heteroatoms. The SMILES string of the molecule is O=C(c1ccccc1I)N1CCCc2cccc(F)c21.